The second-order valence-corrected chi connectivity index (χ2v) is 7.16. The maximum atomic E-state index is 11.3. The fraction of sp³-hybridized carbons (Fsp3) is 0.500. The predicted octanol–water partition coefficient (Wildman–Crippen LogP) is 1.55. The standard InChI is InChI=1S/C12H16ClNO4S/c1-19(15,16)7-10(14)8-5-11-12(6-9(8)13)18-4-2-3-17-11/h5-6,10H,2-4,7,14H2,1H3. The summed E-state index contributed by atoms with van der Waals surface area (Å²) >= 11 is 6.13. The Morgan fingerprint density at radius 2 is 1.89 bits per heavy atom. The Bertz CT molecular complexity index is 573. The van der Waals surface area contributed by atoms with Crippen molar-refractivity contribution in [2.75, 3.05) is 25.2 Å². The molecule has 1 aliphatic heterocycles. The van der Waals surface area contributed by atoms with Crippen molar-refractivity contribution in [3.63, 3.8) is 0 Å². The summed E-state index contributed by atoms with van der Waals surface area (Å²) in [4.78, 5) is 0. The Morgan fingerprint density at radius 3 is 2.47 bits per heavy atom. The zero-order valence-corrected chi connectivity index (χ0v) is 12.1. The van der Waals surface area contributed by atoms with Crippen LogP contribution in [0.5, 0.6) is 11.5 Å². The smallest absolute Gasteiger partial charge is 0.162 e. The Balaban J connectivity index is 2.33. The molecule has 0 saturated heterocycles. The third-order valence-corrected chi connectivity index (χ3v) is 4.04. The van der Waals surface area contributed by atoms with Crippen molar-refractivity contribution in [1.29, 1.82) is 0 Å². The highest BCUT2D eigenvalue weighted by Crippen LogP contribution is 2.37. The maximum Gasteiger partial charge on any atom is 0.162 e. The van der Waals surface area contributed by atoms with Gasteiger partial charge >= 0.3 is 0 Å². The Hall–Kier alpha value is -0.980. The van der Waals surface area contributed by atoms with Crippen LogP contribution in [0, 0.1) is 0 Å². The first-order valence-electron chi connectivity index (χ1n) is 5.89. The molecule has 106 valence electrons. The van der Waals surface area contributed by atoms with E-state index in [1.54, 1.807) is 12.1 Å². The van der Waals surface area contributed by atoms with Gasteiger partial charge in [0.2, 0.25) is 0 Å². The lowest BCUT2D eigenvalue weighted by Gasteiger charge is -2.16. The van der Waals surface area contributed by atoms with E-state index in [0.29, 0.717) is 35.3 Å². The lowest BCUT2D eigenvalue weighted by atomic mass is 10.1. The molecule has 0 spiro atoms. The molecule has 0 bridgehead atoms. The van der Waals surface area contributed by atoms with Crippen molar-refractivity contribution in [1.82, 2.24) is 0 Å². The fourth-order valence-electron chi connectivity index (χ4n) is 1.90. The van der Waals surface area contributed by atoms with Gasteiger partial charge < -0.3 is 15.2 Å². The van der Waals surface area contributed by atoms with E-state index in [2.05, 4.69) is 0 Å². The average molecular weight is 306 g/mol. The molecular formula is C12H16ClNO4S. The highest BCUT2D eigenvalue weighted by Gasteiger charge is 2.20. The highest BCUT2D eigenvalue weighted by molar-refractivity contribution is 7.90. The van der Waals surface area contributed by atoms with Gasteiger partial charge in [0.15, 0.2) is 11.5 Å². The van der Waals surface area contributed by atoms with Crippen LogP contribution >= 0.6 is 11.6 Å². The molecule has 1 aliphatic rings. The molecule has 5 nitrogen and oxygen atoms in total. The van der Waals surface area contributed by atoms with Gasteiger partial charge in [-0.15, -0.1) is 0 Å². The average Bonchev–Trinajstić information content (AvgIpc) is 2.50. The molecule has 1 heterocycles. The number of benzene rings is 1. The van der Waals surface area contributed by atoms with E-state index < -0.39 is 15.9 Å². The van der Waals surface area contributed by atoms with Crippen LogP contribution in [0.15, 0.2) is 12.1 Å². The fourth-order valence-corrected chi connectivity index (χ4v) is 3.03. The third kappa shape index (κ3) is 3.75. The minimum atomic E-state index is -3.17. The largest absolute Gasteiger partial charge is 0.490 e. The molecule has 1 aromatic carbocycles. The van der Waals surface area contributed by atoms with Gasteiger partial charge in [-0.1, -0.05) is 11.6 Å². The molecule has 0 aromatic heterocycles. The Morgan fingerprint density at radius 1 is 1.32 bits per heavy atom. The Labute approximate surface area is 117 Å². The van der Waals surface area contributed by atoms with Crippen LogP contribution in [0.4, 0.5) is 0 Å². The minimum absolute atomic E-state index is 0.160. The molecule has 2 rings (SSSR count). The zero-order valence-electron chi connectivity index (χ0n) is 10.6. The van der Waals surface area contributed by atoms with E-state index in [9.17, 15) is 8.42 Å². The molecule has 1 atom stereocenters. The zero-order chi connectivity index (χ0) is 14.0. The topological polar surface area (TPSA) is 78.6 Å². The molecule has 0 saturated carbocycles. The van der Waals surface area contributed by atoms with E-state index in [1.807, 2.05) is 0 Å². The van der Waals surface area contributed by atoms with Crippen molar-refractivity contribution in [3.8, 4) is 11.5 Å². The molecule has 0 aliphatic carbocycles. The summed E-state index contributed by atoms with van der Waals surface area (Å²) in [5, 5.41) is 0.389. The molecule has 0 fully saturated rings. The molecule has 0 amide bonds. The van der Waals surface area contributed by atoms with Gasteiger partial charge in [-0.2, -0.15) is 0 Å². The summed E-state index contributed by atoms with van der Waals surface area (Å²) in [6, 6.07) is 2.61. The molecule has 1 aromatic rings. The maximum absolute atomic E-state index is 11.3. The van der Waals surface area contributed by atoms with Gasteiger partial charge in [0.05, 0.1) is 19.0 Å². The molecule has 0 radical (unpaired) electrons. The van der Waals surface area contributed by atoms with E-state index >= 15 is 0 Å². The second-order valence-electron chi connectivity index (χ2n) is 4.57. The summed E-state index contributed by atoms with van der Waals surface area (Å²) in [5.41, 5.74) is 6.45. The molecule has 2 N–H and O–H groups in total. The summed E-state index contributed by atoms with van der Waals surface area (Å²) in [7, 11) is -3.17. The second kappa shape index (κ2) is 5.56. The summed E-state index contributed by atoms with van der Waals surface area (Å²) in [5.74, 6) is 0.963. The number of hydrogen-bond donors (Lipinski definition) is 1. The predicted molar refractivity (Wildman–Crippen MR) is 73.7 cm³/mol. The van der Waals surface area contributed by atoms with Gasteiger partial charge in [-0.05, 0) is 11.6 Å². The molecule has 1 unspecified atom stereocenters. The summed E-state index contributed by atoms with van der Waals surface area (Å²) in [6.45, 7) is 1.12. The molecular weight excluding hydrogens is 290 g/mol. The first-order chi connectivity index (χ1) is 8.87. The van der Waals surface area contributed by atoms with Gasteiger partial charge in [-0.25, -0.2) is 8.42 Å². The van der Waals surface area contributed by atoms with E-state index in [-0.39, 0.29) is 5.75 Å². The van der Waals surface area contributed by atoms with Crippen LogP contribution in [0.3, 0.4) is 0 Å². The lowest BCUT2D eigenvalue weighted by Crippen LogP contribution is -2.21. The van der Waals surface area contributed by atoms with Gasteiger partial charge in [0, 0.05) is 29.8 Å². The summed E-state index contributed by atoms with van der Waals surface area (Å²) in [6.07, 6.45) is 1.93. The van der Waals surface area contributed by atoms with E-state index in [0.717, 1.165) is 12.7 Å². The van der Waals surface area contributed by atoms with Crippen molar-refractivity contribution >= 4 is 21.4 Å². The number of fused-ring (bicyclic) bond motifs is 1. The SMILES string of the molecule is CS(=O)(=O)CC(N)c1cc2c(cc1Cl)OCCCO2. The number of nitrogens with two attached hydrogens (primary N) is 1. The minimum Gasteiger partial charge on any atom is -0.490 e. The summed E-state index contributed by atoms with van der Waals surface area (Å²) < 4.78 is 33.6. The monoisotopic (exact) mass is 305 g/mol. The number of rotatable bonds is 3. The number of hydrogen-bond acceptors (Lipinski definition) is 5. The van der Waals surface area contributed by atoms with Crippen LogP contribution < -0.4 is 15.2 Å². The van der Waals surface area contributed by atoms with Crippen LogP contribution in [0.2, 0.25) is 5.02 Å². The molecule has 19 heavy (non-hydrogen) atoms. The first-order valence-corrected chi connectivity index (χ1v) is 8.33. The quantitative estimate of drug-likeness (QED) is 0.916. The van der Waals surface area contributed by atoms with Crippen LogP contribution in [0.1, 0.15) is 18.0 Å². The molecule has 7 heteroatoms. The number of sulfone groups is 1. The Kier molecular flexibility index (Phi) is 4.23. The van der Waals surface area contributed by atoms with Crippen molar-refractivity contribution in [2.45, 2.75) is 12.5 Å². The van der Waals surface area contributed by atoms with E-state index in [4.69, 9.17) is 26.8 Å². The third-order valence-electron chi connectivity index (χ3n) is 2.75. The van der Waals surface area contributed by atoms with Crippen LogP contribution in [-0.2, 0) is 9.84 Å². The van der Waals surface area contributed by atoms with Crippen molar-refractivity contribution in [3.05, 3.63) is 22.7 Å². The number of ether oxygens (including phenoxy) is 2. The van der Waals surface area contributed by atoms with E-state index in [1.165, 1.54) is 0 Å². The normalized spacial score (nSPS) is 16.8. The van der Waals surface area contributed by atoms with Crippen molar-refractivity contribution in [2.24, 2.45) is 5.73 Å². The lowest BCUT2D eigenvalue weighted by molar-refractivity contribution is 0.297. The van der Waals surface area contributed by atoms with Gasteiger partial charge in [0.25, 0.3) is 0 Å². The number of halogens is 1. The first kappa shape index (κ1) is 14.4. The van der Waals surface area contributed by atoms with Crippen molar-refractivity contribution < 1.29 is 17.9 Å². The van der Waals surface area contributed by atoms with Gasteiger partial charge in [-0.3, -0.25) is 0 Å². The van der Waals surface area contributed by atoms with Crippen LogP contribution in [-0.4, -0.2) is 33.6 Å². The highest BCUT2D eigenvalue weighted by atomic mass is 35.5. The van der Waals surface area contributed by atoms with Gasteiger partial charge in [0.1, 0.15) is 9.84 Å². The van der Waals surface area contributed by atoms with Crippen LogP contribution in [0.25, 0.3) is 0 Å².